The molecular weight excluding hydrogens is 389 g/mol. The summed E-state index contributed by atoms with van der Waals surface area (Å²) in [5.41, 5.74) is 2.83. The maximum absolute atomic E-state index is 12.8. The van der Waals surface area contributed by atoms with Crippen molar-refractivity contribution < 1.29 is 0 Å². The third-order valence-electron chi connectivity index (χ3n) is 4.24. The first-order valence-corrected chi connectivity index (χ1v) is 9.61. The number of hydrogen-bond donors (Lipinski definition) is 0. The number of aromatic nitrogens is 1. The molecule has 1 aromatic heterocycles. The second kappa shape index (κ2) is 6.91. The van der Waals surface area contributed by atoms with Crippen molar-refractivity contribution >= 4 is 46.3 Å². The van der Waals surface area contributed by atoms with Crippen LogP contribution in [0.4, 0.5) is 5.69 Å². The Morgan fingerprint density at radius 3 is 2.81 bits per heavy atom. The summed E-state index contributed by atoms with van der Waals surface area (Å²) in [5, 5.41) is 1.35. The van der Waals surface area contributed by atoms with Crippen LogP contribution in [-0.2, 0) is 6.67 Å². The Morgan fingerprint density at radius 2 is 2.04 bits per heavy atom. The van der Waals surface area contributed by atoms with E-state index in [2.05, 4.69) is 4.99 Å². The topological polar surface area (TPSA) is 37.6 Å². The first-order valence-electron chi connectivity index (χ1n) is 8.04. The van der Waals surface area contributed by atoms with E-state index in [9.17, 15) is 4.79 Å². The molecule has 4 nitrogen and oxygen atoms in total. The molecule has 4 rings (SSSR count). The van der Waals surface area contributed by atoms with E-state index in [1.54, 1.807) is 4.57 Å². The first-order chi connectivity index (χ1) is 12.5. The van der Waals surface area contributed by atoms with Gasteiger partial charge in [0.1, 0.15) is 13.3 Å². The molecule has 0 saturated heterocycles. The highest BCUT2D eigenvalue weighted by molar-refractivity contribution is 7.07. The zero-order chi connectivity index (χ0) is 18.3. The quantitative estimate of drug-likeness (QED) is 0.657. The zero-order valence-electron chi connectivity index (χ0n) is 13.9. The second-order valence-electron chi connectivity index (χ2n) is 6.10. The van der Waals surface area contributed by atoms with Crippen LogP contribution in [0.3, 0.4) is 0 Å². The van der Waals surface area contributed by atoms with Gasteiger partial charge in [0.15, 0.2) is 4.80 Å². The third-order valence-corrected chi connectivity index (χ3v) is 5.93. The lowest BCUT2D eigenvalue weighted by molar-refractivity contribution is 0.569. The van der Waals surface area contributed by atoms with Crippen LogP contribution >= 0.6 is 34.5 Å². The van der Waals surface area contributed by atoms with Crippen LogP contribution in [0.15, 0.2) is 52.3 Å². The van der Waals surface area contributed by atoms with Crippen molar-refractivity contribution in [2.45, 2.75) is 13.6 Å². The molecule has 0 N–H and O–H groups in total. The lowest BCUT2D eigenvalue weighted by atomic mass is 10.2. The molecule has 0 amide bonds. The molecule has 26 heavy (non-hydrogen) atoms. The van der Waals surface area contributed by atoms with Crippen LogP contribution in [-0.4, -0.2) is 11.2 Å². The molecular formula is C19H15Cl2N3OS. The average Bonchev–Trinajstić information content (AvgIpc) is 2.93. The van der Waals surface area contributed by atoms with E-state index < -0.39 is 0 Å². The number of hydrogen-bond acceptors (Lipinski definition) is 4. The average molecular weight is 404 g/mol. The number of nitrogens with zero attached hydrogens (tertiary/aromatic N) is 3. The number of aryl methyl sites for hydroxylation is 1. The summed E-state index contributed by atoms with van der Waals surface area (Å²) in [4.78, 5) is 20.1. The summed E-state index contributed by atoms with van der Waals surface area (Å²) >= 11 is 13.7. The standard InChI is InChI=1S/C19H15Cl2N3OS/c1-12-5-6-15(9-16(12)21)23-10-22-19-24(11-23)18(25)17(26-19)8-13-3-2-4-14(20)7-13/h2-9H,10-11H2,1H3. The van der Waals surface area contributed by atoms with E-state index in [1.807, 2.05) is 60.4 Å². The number of fused-ring (bicyclic) bond motifs is 1. The van der Waals surface area contributed by atoms with Crippen molar-refractivity contribution in [2.24, 2.45) is 4.99 Å². The molecule has 0 fully saturated rings. The van der Waals surface area contributed by atoms with Crippen LogP contribution in [0.2, 0.25) is 10.0 Å². The van der Waals surface area contributed by atoms with Crippen LogP contribution < -0.4 is 19.8 Å². The lowest BCUT2D eigenvalue weighted by Crippen LogP contribution is -2.42. The minimum Gasteiger partial charge on any atom is -0.334 e. The van der Waals surface area contributed by atoms with Crippen molar-refractivity contribution in [3.63, 3.8) is 0 Å². The van der Waals surface area contributed by atoms with Crippen LogP contribution in [0.1, 0.15) is 11.1 Å². The summed E-state index contributed by atoms with van der Waals surface area (Å²) in [7, 11) is 0. The van der Waals surface area contributed by atoms with Crippen molar-refractivity contribution in [1.82, 2.24) is 4.57 Å². The molecule has 0 saturated carbocycles. The van der Waals surface area contributed by atoms with E-state index in [-0.39, 0.29) is 5.56 Å². The summed E-state index contributed by atoms with van der Waals surface area (Å²) in [5.74, 6) is 0. The summed E-state index contributed by atoms with van der Waals surface area (Å²) in [6.45, 7) is 2.92. The SMILES string of the molecule is Cc1ccc(N2CN=c3sc(=Cc4cccc(Cl)c4)c(=O)n3C2)cc1Cl. The van der Waals surface area contributed by atoms with Gasteiger partial charge in [-0.15, -0.1) is 0 Å². The van der Waals surface area contributed by atoms with Gasteiger partial charge in [-0.25, -0.2) is 4.99 Å². The highest BCUT2D eigenvalue weighted by Crippen LogP contribution is 2.23. The highest BCUT2D eigenvalue weighted by Gasteiger charge is 2.16. The molecule has 0 bridgehead atoms. The van der Waals surface area contributed by atoms with Gasteiger partial charge in [-0.3, -0.25) is 9.36 Å². The molecule has 0 aliphatic carbocycles. The first kappa shape index (κ1) is 17.3. The lowest BCUT2D eigenvalue weighted by Gasteiger charge is -2.26. The smallest absolute Gasteiger partial charge is 0.271 e. The van der Waals surface area contributed by atoms with Gasteiger partial charge >= 0.3 is 0 Å². The molecule has 1 aliphatic rings. The normalized spacial score (nSPS) is 14.3. The molecule has 0 radical (unpaired) electrons. The van der Waals surface area contributed by atoms with Gasteiger partial charge in [0.05, 0.1) is 4.53 Å². The minimum atomic E-state index is -0.0448. The predicted octanol–water partition coefficient (Wildman–Crippen LogP) is 3.41. The predicted molar refractivity (Wildman–Crippen MR) is 108 cm³/mol. The van der Waals surface area contributed by atoms with Gasteiger partial charge in [-0.1, -0.05) is 52.7 Å². The maximum atomic E-state index is 12.8. The Morgan fingerprint density at radius 1 is 1.19 bits per heavy atom. The molecule has 2 aromatic carbocycles. The summed E-state index contributed by atoms with van der Waals surface area (Å²) in [6.07, 6.45) is 1.85. The number of thiazole rings is 1. The van der Waals surface area contributed by atoms with Crippen molar-refractivity contribution in [1.29, 1.82) is 0 Å². The van der Waals surface area contributed by atoms with Crippen LogP contribution in [0.25, 0.3) is 6.08 Å². The fourth-order valence-electron chi connectivity index (χ4n) is 2.80. The van der Waals surface area contributed by atoms with E-state index in [4.69, 9.17) is 23.2 Å². The fourth-order valence-corrected chi connectivity index (χ4v) is 4.14. The number of anilines is 1. The third kappa shape index (κ3) is 3.30. The Hall–Kier alpha value is -2.08. The Bertz CT molecular complexity index is 1170. The Kier molecular flexibility index (Phi) is 4.61. The van der Waals surface area contributed by atoms with Gasteiger partial charge in [0, 0.05) is 15.7 Å². The van der Waals surface area contributed by atoms with Crippen LogP contribution in [0, 0.1) is 6.92 Å². The summed E-state index contributed by atoms with van der Waals surface area (Å²) in [6, 6.07) is 13.3. The maximum Gasteiger partial charge on any atom is 0.271 e. The van der Waals surface area contributed by atoms with E-state index >= 15 is 0 Å². The summed E-state index contributed by atoms with van der Waals surface area (Å²) < 4.78 is 2.34. The molecule has 132 valence electrons. The largest absolute Gasteiger partial charge is 0.334 e. The Balaban J connectivity index is 1.72. The van der Waals surface area contributed by atoms with E-state index in [1.165, 1.54) is 11.3 Å². The highest BCUT2D eigenvalue weighted by atomic mass is 35.5. The molecule has 2 heterocycles. The van der Waals surface area contributed by atoms with Crippen molar-refractivity contribution in [3.05, 3.63) is 83.3 Å². The fraction of sp³-hybridized carbons (Fsp3) is 0.158. The molecule has 0 unspecified atom stereocenters. The molecule has 0 atom stereocenters. The molecule has 1 aliphatic heterocycles. The minimum absolute atomic E-state index is 0.0448. The number of benzene rings is 2. The van der Waals surface area contributed by atoms with Crippen LogP contribution in [0.5, 0.6) is 0 Å². The van der Waals surface area contributed by atoms with Gasteiger partial charge in [0.2, 0.25) is 0 Å². The van der Waals surface area contributed by atoms with Crippen molar-refractivity contribution in [3.8, 4) is 0 Å². The van der Waals surface area contributed by atoms with E-state index in [0.717, 1.165) is 21.6 Å². The molecule has 0 spiro atoms. The van der Waals surface area contributed by atoms with Gasteiger partial charge < -0.3 is 4.90 Å². The number of rotatable bonds is 2. The van der Waals surface area contributed by atoms with Gasteiger partial charge in [-0.2, -0.15) is 0 Å². The van der Waals surface area contributed by atoms with Gasteiger partial charge in [0.25, 0.3) is 5.56 Å². The van der Waals surface area contributed by atoms with Gasteiger partial charge in [-0.05, 0) is 48.4 Å². The monoisotopic (exact) mass is 403 g/mol. The Labute approximate surface area is 164 Å². The van der Waals surface area contributed by atoms with Crippen molar-refractivity contribution in [2.75, 3.05) is 11.6 Å². The molecule has 7 heteroatoms. The molecule has 3 aromatic rings. The van der Waals surface area contributed by atoms with E-state index in [0.29, 0.717) is 27.9 Å². The number of halogens is 2. The zero-order valence-corrected chi connectivity index (χ0v) is 16.3. The second-order valence-corrected chi connectivity index (χ2v) is 7.95.